The van der Waals surface area contributed by atoms with E-state index in [0.29, 0.717) is 27.8 Å². The van der Waals surface area contributed by atoms with E-state index in [1.165, 1.54) is 31.2 Å². The zero-order chi connectivity index (χ0) is 28.7. The Kier molecular flexibility index (Phi) is 10.2. The van der Waals surface area contributed by atoms with Crippen molar-refractivity contribution in [1.29, 1.82) is 0 Å². The third-order valence-corrected chi connectivity index (χ3v) is 8.61. The number of anilines is 1. The molecule has 0 saturated carbocycles. The van der Waals surface area contributed by atoms with Gasteiger partial charge in [0.2, 0.25) is 11.8 Å². The molecule has 39 heavy (non-hydrogen) atoms. The van der Waals surface area contributed by atoms with Crippen molar-refractivity contribution < 1.29 is 22.7 Å². The lowest BCUT2D eigenvalue weighted by Gasteiger charge is -2.33. The molecule has 208 valence electrons. The number of sulfonamides is 1. The summed E-state index contributed by atoms with van der Waals surface area (Å²) in [4.78, 5) is 28.1. The second kappa shape index (κ2) is 13.2. The van der Waals surface area contributed by atoms with Gasteiger partial charge in [-0.05, 0) is 67.4 Å². The first-order chi connectivity index (χ1) is 18.5. The number of nitrogens with one attached hydrogen (secondary N) is 1. The Labute approximate surface area is 239 Å². The zero-order valence-electron chi connectivity index (χ0n) is 22.1. The van der Waals surface area contributed by atoms with Crippen LogP contribution in [0, 0.1) is 6.92 Å². The van der Waals surface area contributed by atoms with E-state index in [1.54, 1.807) is 61.5 Å². The molecular weight excluding hydrogens is 561 g/mol. The Morgan fingerprint density at radius 3 is 2.18 bits per heavy atom. The molecule has 0 radical (unpaired) electrons. The fraction of sp³-hybridized carbons (Fsp3) is 0.286. The van der Waals surface area contributed by atoms with E-state index in [1.807, 2.05) is 6.92 Å². The van der Waals surface area contributed by atoms with Crippen molar-refractivity contribution >= 4 is 50.7 Å². The minimum absolute atomic E-state index is 0.0260. The SMILES string of the molecule is CC[C@H](C(=O)NC)N(Cc1ccc(Cl)cc1Cl)C(=O)CN(c1ccc(OC)cc1)S(=O)(=O)c1ccc(C)cc1. The molecule has 0 aliphatic heterocycles. The molecule has 0 aliphatic rings. The van der Waals surface area contributed by atoms with Gasteiger partial charge in [-0.25, -0.2) is 8.42 Å². The van der Waals surface area contributed by atoms with Gasteiger partial charge in [0.05, 0.1) is 17.7 Å². The number of carbonyl (C=O) groups excluding carboxylic acids is 2. The van der Waals surface area contributed by atoms with Gasteiger partial charge >= 0.3 is 0 Å². The lowest BCUT2D eigenvalue weighted by molar-refractivity contribution is -0.140. The van der Waals surface area contributed by atoms with Crippen molar-refractivity contribution in [3.8, 4) is 5.75 Å². The second-order valence-corrected chi connectivity index (χ2v) is 11.5. The summed E-state index contributed by atoms with van der Waals surface area (Å²) in [5.41, 5.74) is 1.72. The van der Waals surface area contributed by atoms with E-state index >= 15 is 0 Å². The van der Waals surface area contributed by atoms with E-state index in [2.05, 4.69) is 5.32 Å². The first kappa shape index (κ1) is 30.3. The summed E-state index contributed by atoms with van der Waals surface area (Å²) < 4.78 is 33.9. The summed E-state index contributed by atoms with van der Waals surface area (Å²) in [6.07, 6.45) is 0.296. The normalized spacial score (nSPS) is 11.9. The molecule has 0 saturated heterocycles. The largest absolute Gasteiger partial charge is 0.497 e. The average Bonchev–Trinajstić information content (AvgIpc) is 2.92. The Balaban J connectivity index is 2.08. The van der Waals surface area contributed by atoms with Crippen molar-refractivity contribution in [2.45, 2.75) is 37.8 Å². The van der Waals surface area contributed by atoms with Gasteiger partial charge in [0, 0.05) is 23.6 Å². The number of hydrogen-bond donors (Lipinski definition) is 1. The van der Waals surface area contributed by atoms with Gasteiger partial charge in [-0.15, -0.1) is 0 Å². The van der Waals surface area contributed by atoms with Crippen molar-refractivity contribution in [2.24, 2.45) is 0 Å². The predicted molar refractivity (Wildman–Crippen MR) is 154 cm³/mol. The maximum absolute atomic E-state index is 13.9. The first-order valence-electron chi connectivity index (χ1n) is 12.2. The van der Waals surface area contributed by atoms with Crippen LogP contribution < -0.4 is 14.4 Å². The number of aryl methyl sites for hydroxylation is 1. The molecule has 0 spiro atoms. The number of ether oxygens (including phenoxy) is 1. The molecule has 0 unspecified atom stereocenters. The molecule has 0 aromatic heterocycles. The van der Waals surface area contributed by atoms with Crippen molar-refractivity contribution in [3.05, 3.63) is 87.9 Å². The number of halogens is 2. The molecule has 0 aliphatic carbocycles. The molecule has 8 nitrogen and oxygen atoms in total. The van der Waals surface area contributed by atoms with Gasteiger partial charge in [-0.2, -0.15) is 0 Å². The molecule has 2 amide bonds. The Morgan fingerprint density at radius 1 is 1.00 bits per heavy atom. The Hall–Kier alpha value is -3.27. The summed E-state index contributed by atoms with van der Waals surface area (Å²) in [5, 5.41) is 3.34. The number of likely N-dealkylation sites (N-methyl/N-ethyl adjacent to an activating group) is 1. The fourth-order valence-corrected chi connectivity index (χ4v) is 5.92. The molecule has 3 rings (SSSR count). The number of methoxy groups -OCH3 is 1. The van der Waals surface area contributed by atoms with Crippen molar-refractivity contribution in [2.75, 3.05) is 25.0 Å². The van der Waals surface area contributed by atoms with Crippen molar-refractivity contribution in [3.63, 3.8) is 0 Å². The Bertz CT molecular complexity index is 1410. The minimum Gasteiger partial charge on any atom is -0.497 e. The van der Waals surface area contributed by atoms with Gasteiger partial charge in [0.1, 0.15) is 18.3 Å². The van der Waals surface area contributed by atoms with Crippen LogP contribution in [0.25, 0.3) is 0 Å². The van der Waals surface area contributed by atoms with Gasteiger partial charge in [0.15, 0.2) is 0 Å². The van der Waals surface area contributed by atoms with Gasteiger partial charge in [0.25, 0.3) is 10.0 Å². The number of nitrogens with zero attached hydrogens (tertiary/aromatic N) is 2. The van der Waals surface area contributed by atoms with Crippen LogP contribution in [0.4, 0.5) is 5.69 Å². The molecule has 11 heteroatoms. The highest BCUT2D eigenvalue weighted by molar-refractivity contribution is 7.92. The van der Waals surface area contributed by atoms with Gasteiger partial charge in [-0.3, -0.25) is 13.9 Å². The number of benzene rings is 3. The van der Waals surface area contributed by atoms with Crippen molar-refractivity contribution in [1.82, 2.24) is 10.2 Å². The second-order valence-electron chi connectivity index (χ2n) is 8.82. The smallest absolute Gasteiger partial charge is 0.264 e. The fourth-order valence-electron chi connectivity index (χ4n) is 4.03. The molecule has 3 aromatic rings. The molecular formula is C28H31Cl2N3O5S. The number of carbonyl (C=O) groups is 2. The van der Waals surface area contributed by atoms with E-state index in [0.717, 1.165) is 9.87 Å². The highest BCUT2D eigenvalue weighted by Crippen LogP contribution is 2.28. The third kappa shape index (κ3) is 7.23. The van der Waals surface area contributed by atoms with Crippen LogP contribution in [0.5, 0.6) is 5.75 Å². The van der Waals surface area contributed by atoms with Gasteiger partial charge < -0.3 is 15.0 Å². The van der Waals surface area contributed by atoms with Crippen LogP contribution in [-0.2, 0) is 26.2 Å². The lowest BCUT2D eigenvalue weighted by Crippen LogP contribution is -2.51. The monoisotopic (exact) mass is 591 g/mol. The van der Waals surface area contributed by atoms with Gasteiger partial charge in [-0.1, -0.05) is 53.9 Å². The highest BCUT2D eigenvalue weighted by Gasteiger charge is 2.33. The molecule has 3 aromatic carbocycles. The molecule has 1 N–H and O–H groups in total. The number of hydrogen-bond acceptors (Lipinski definition) is 5. The summed E-state index contributed by atoms with van der Waals surface area (Å²) in [5.74, 6) is -0.432. The van der Waals surface area contributed by atoms with E-state index in [4.69, 9.17) is 27.9 Å². The molecule has 0 fully saturated rings. The van der Waals surface area contributed by atoms with Crippen LogP contribution in [0.15, 0.2) is 71.6 Å². The predicted octanol–water partition coefficient (Wildman–Crippen LogP) is 5.06. The Morgan fingerprint density at radius 2 is 1.64 bits per heavy atom. The zero-order valence-corrected chi connectivity index (χ0v) is 24.5. The maximum atomic E-state index is 13.9. The molecule has 0 heterocycles. The van der Waals surface area contributed by atoms with Crippen LogP contribution in [-0.4, -0.2) is 51.9 Å². The van der Waals surface area contributed by atoms with Crippen LogP contribution in [0.3, 0.4) is 0 Å². The quantitative estimate of drug-likeness (QED) is 0.336. The third-order valence-electron chi connectivity index (χ3n) is 6.24. The van der Waals surface area contributed by atoms with E-state index in [-0.39, 0.29) is 23.0 Å². The minimum atomic E-state index is -4.16. The summed E-state index contributed by atoms with van der Waals surface area (Å²) in [6, 6.07) is 16.7. The van der Waals surface area contributed by atoms with Crippen LogP contribution in [0.1, 0.15) is 24.5 Å². The summed E-state index contributed by atoms with van der Waals surface area (Å²) in [6.45, 7) is 3.04. The highest BCUT2D eigenvalue weighted by atomic mass is 35.5. The van der Waals surface area contributed by atoms with Crippen LogP contribution in [0.2, 0.25) is 10.0 Å². The average molecular weight is 593 g/mol. The topological polar surface area (TPSA) is 96.0 Å². The van der Waals surface area contributed by atoms with Crippen LogP contribution >= 0.6 is 23.2 Å². The number of rotatable bonds is 11. The summed E-state index contributed by atoms with van der Waals surface area (Å²) >= 11 is 12.4. The first-order valence-corrected chi connectivity index (χ1v) is 14.4. The molecule has 1 atom stereocenters. The maximum Gasteiger partial charge on any atom is 0.264 e. The van der Waals surface area contributed by atoms with E-state index < -0.39 is 28.5 Å². The number of amides is 2. The standard InChI is InChI=1S/C28H31Cl2N3O5S/c1-5-26(28(35)31-3)32(17-20-8-9-21(29)16-25(20)30)27(34)18-33(22-10-12-23(38-4)13-11-22)39(36,37)24-14-6-19(2)7-15-24/h6-16,26H,5,17-18H2,1-4H3,(H,31,35)/t26-/m1/s1. The summed E-state index contributed by atoms with van der Waals surface area (Å²) in [7, 11) is -1.18. The van der Waals surface area contributed by atoms with E-state index in [9.17, 15) is 18.0 Å². The molecule has 0 bridgehead atoms. The lowest BCUT2D eigenvalue weighted by atomic mass is 10.1.